The van der Waals surface area contributed by atoms with Crippen molar-refractivity contribution in [3.8, 4) is 0 Å². The van der Waals surface area contributed by atoms with Gasteiger partial charge in [-0.1, -0.05) is 42.5 Å². The summed E-state index contributed by atoms with van der Waals surface area (Å²) in [6, 6.07) is 18.9. The van der Waals surface area contributed by atoms with E-state index in [1.165, 1.54) is 27.1 Å². The van der Waals surface area contributed by atoms with Crippen molar-refractivity contribution in [2.75, 3.05) is 0 Å². The molecule has 4 aromatic rings. The fourth-order valence-electron chi connectivity index (χ4n) is 2.70. The molecule has 0 radical (unpaired) electrons. The number of para-hydroxylation sites is 1. The molecule has 0 amide bonds. The summed E-state index contributed by atoms with van der Waals surface area (Å²) in [4.78, 5) is 0. The predicted octanol–water partition coefficient (Wildman–Crippen LogP) is 5.05. The van der Waals surface area contributed by atoms with Gasteiger partial charge in [-0.2, -0.15) is 0 Å². The van der Waals surface area contributed by atoms with Crippen molar-refractivity contribution in [1.29, 1.82) is 0 Å². The van der Waals surface area contributed by atoms with Gasteiger partial charge in [-0.05, 0) is 30.0 Å². The molecule has 0 atom stereocenters. The summed E-state index contributed by atoms with van der Waals surface area (Å²) in [7, 11) is 0. The summed E-state index contributed by atoms with van der Waals surface area (Å²) in [6.45, 7) is 2.14. The Morgan fingerprint density at radius 3 is 2.33 bits per heavy atom. The van der Waals surface area contributed by atoms with Crippen LogP contribution >= 0.6 is 0 Å². The standard InChI is InChI=1S/C17H12O/c1-11-5-4-7-14-12(11)9-10-15-13-6-2-3-8-16(13)18-17(14)15/h2-10H,1H3. The molecule has 0 aliphatic carbocycles. The van der Waals surface area contributed by atoms with E-state index in [0.717, 1.165) is 11.2 Å². The van der Waals surface area contributed by atoms with Gasteiger partial charge in [-0.15, -0.1) is 0 Å². The molecule has 0 spiro atoms. The molecule has 0 bridgehead atoms. The lowest BCUT2D eigenvalue weighted by Gasteiger charge is -2.01. The summed E-state index contributed by atoms with van der Waals surface area (Å²) in [5, 5.41) is 4.85. The third kappa shape index (κ3) is 1.16. The topological polar surface area (TPSA) is 13.1 Å². The van der Waals surface area contributed by atoms with Gasteiger partial charge in [-0.25, -0.2) is 0 Å². The molecular formula is C17H12O. The SMILES string of the molecule is Cc1cccc2c1ccc1c3ccccc3oc21. The summed E-state index contributed by atoms with van der Waals surface area (Å²) in [5.41, 5.74) is 3.24. The first-order chi connectivity index (χ1) is 8.84. The van der Waals surface area contributed by atoms with Gasteiger partial charge in [0.15, 0.2) is 0 Å². The minimum Gasteiger partial charge on any atom is -0.455 e. The second-order valence-electron chi connectivity index (χ2n) is 4.71. The largest absolute Gasteiger partial charge is 0.455 e. The third-order valence-electron chi connectivity index (χ3n) is 3.62. The molecule has 1 heterocycles. The molecular weight excluding hydrogens is 220 g/mol. The van der Waals surface area contributed by atoms with Crippen molar-refractivity contribution in [3.05, 3.63) is 60.2 Å². The average Bonchev–Trinajstić information content (AvgIpc) is 2.78. The van der Waals surface area contributed by atoms with Crippen LogP contribution in [0.3, 0.4) is 0 Å². The van der Waals surface area contributed by atoms with Crippen molar-refractivity contribution >= 4 is 32.7 Å². The van der Waals surface area contributed by atoms with Crippen LogP contribution in [0.25, 0.3) is 32.7 Å². The van der Waals surface area contributed by atoms with E-state index < -0.39 is 0 Å². The molecule has 3 aromatic carbocycles. The Balaban J connectivity index is 2.32. The van der Waals surface area contributed by atoms with Gasteiger partial charge >= 0.3 is 0 Å². The molecule has 0 fully saturated rings. The van der Waals surface area contributed by atoms with Crippen LogP contribution in [0.4, 0.5) is 0 Å². The van der Waals surface area contributed by atoms with E-state index in [4.69, 9.17) is 4.42 Å². The lowest BCUT2D eigenvalue weighted by atomic mass is 10.0. The Labute approximate surface area is 105 Å². The zero-order valence-electron chi connectivity index (χ0n) is 10.1. The molecule has 0 saturated carbocycles. The number of hydrogen-bond donors (Lipinski definition) is 0. The molecule has 18 heavy (non-hydrogen) atoms. The van der Waals surface area contributed by atoms with Gasteiger partial charge in [0, 0.05) is 16.2 Å². The molecule has 1 nitrogen and oxygen atoms in total. The maximum absolute atomic E-state index is 6.02. The van der Waals surface area contributed by atoms with Gasteiger partial charge in [0.25, 0.3) is 0 Å². The monoisotopic (exact) mass is 232 g/mol. The quantitative estimate of drug-likeness (QED) is 0.413. The Hall–Kier alpha value is -2.28. The highest BCUT2D eigenvalue weighted by Gasteiger charge is 2.09. The molecule has 0 aliphatic rings. The Morgan fingerprint density at radius 1 is 0.667 bits per heavy atom. The fourth-order valence-corrected chi connectivity index (χ4v) is 2.70. The summed E-state index contributed by atoms with van der Waals surface area (Å²) >= 11 is 0. The van der Waals surface area contributed by atoms with Gasteiger partial charge < -0.3 is 4.42 Å². The summed E-state index contributed by atoms with van der Waals surface area (Å²) < 4.78 is 6.02. The Kier molecular flexibility index (Phi) is 1.81. The predicted molar refractivity (Wildman–Crippen MR) is 76.0 cm³/mol. The van der Waals surface area contributed by atoms with E-state index in [-0.39, 0.29) is 0 Å². The first kappa shape index (κ1) is 9.72. The van der Waals surface area contributed by atoms with Crippen molar-refractivity contribution in [2.24, 2.45) is 0 Å². The maximum Gasteiger partial charge on any atom is 0.143 e. The zero-order chi connectivity index (χ0) is 12.1. The number of hydrogen-bond acceptors (Lipinski definition) is 1. The summed E-state index contributed by atoms with van der Waals surface area (Å²) in [6.07, 6.45) is 0. The zero-order valence-corrected chi connectivity index (χ0v) is 10.1. The molecule has 0 unspecified atom stereocenters. The highest BCUT2D eigenvalue weighted by molar-refractivity contribution is 6.15. The van der Waals surface area contributed by atoms with Crippen LogP contribution in [-0.2, 0) is 0 Å². The molecule has 1 heteroatoms. The molecule has 86 valence electrons. The second-order valence-corrected chi connectivity index (χ2v) is 4.71. The Bertz CT molecular complexity index is 884. The number of furan rings is 1. The molecule has 4 rings (SSSR count). The number of benzene rings is 3. The van der Waals surface area contributed by atoms with Crippen molar-refractivity contribution in [3.63, 3.8) is 0 Å². The Morgan fingerprint density at radius 2 is 1.39 bits per heavy atom. The van der Waals surface area contributed by atoms with E-state index in [9.17, 15) is 0 Å². The maximum atomic E-state index is 6.02. The van der Waals surface area contributed by atoms with Gasteiger partial charge in [0.1, 0.15) is 11.2 Å². The number of rotatable bonds is 0. The van der Waals surface area contributed by atoms with E-state index in [2.05, 4.69) is 49.4 Å². The smallest absolute Gasteiger partial charge is 0.143 e. The van der Waals surface area contributed by atoms with Crippen LogP contribution in [0, 0.1) is 6.92 Å². The molecule has 1 aromatic heterocycles. The van der Waals surface area contributed by atoms with E-state index >= 15 is 0 Å². The normalized spacial score (nSPS) is 11.6. The van der Waals surface area contributed by atoms with Gasteiger partial charge in [-0.3, -0.25) is 0 Å². The van der Waals surface area contributed by atoms with Crippen molar-refractivity contribution in [1.82, 2.24) is 0 Å². The van der Waals surface area contributed by atoms with Crippen LogP contribution < -0.4 is 0 Å². The fraction of sp³-hybridized carbons (Fsp3) is 0.0588. The van der Waals surface area contributed by atoms with Crippen LogP contribution in [0.2, 0.25) is 0 Å². The van der Waals surface area contributed by atoms with Crippen LogP contribution in [0.5, 0.6) is 0 Å². The van der Waals surface area contributed by atoms with E-state index in [1.807, 2.05) is 12.1 Å². The minimum absolute atomic E-state index is 0.960. The molecule has 0 aliphatic heterocycles. The van der Waals surface area contributed by atoms with E-state index in [1.54, 1.807) is 0 Å². The second kappa shape index (κ2) is 3.36. The highest BCUT2D eigenvalue weighted by atomic mass is 16.3. The van der Waals surface area contributed by atoms with Crippen LogP contribution in [0.15, 0.2) is 59.0 Å². The van der Waals surface area contributed by atoms with Crippen LogP contribution in [0.1, 0.15) is 5.56 Å². The van der Waals surface area contributed by atoms with Gasteiger partial charge in [0.05, 0.1) is 0 Å². The lowest BCUT2D eigenvalue weighted by molar-refractivity contribution is 0.672. The first-order valence-corrected chi connectivity index (χ1v) is 6.14. The van der Waals surface area contributed by atoms with Crippen LogP contribution in [-0.4, -0.2) is 0 Å². The number of fused-ring (bicyclic) bond motifs is 5. The number of aryl methyl sites for hydroxylation is 1. The van der Waals surface area contributed by atoms with Crippen molar-refractivity contribution < 1.29 is 4.42 Å². The molecule has 0 N–H and O–H groups in total. The van der Waals surface area contributed by atoms with Crippen molar-refractivity contribution in [2.45, 2.75) is 6.92 Å². The van der Waals surface area contributed by atoms with Gasteiger partial charge in [0.2, 0.25) is 0 Å². The lowest BCUT2D eigenvalue weighted by Crippen LogP contribution is -1.78. The molecule has 0 saturated heterocycles. The minimum atomic E-state index is 0.960. The summed E-state index contributed by atoms with van der Waals surface area (Å²) in [5.74, 6) is 0. The first-order valence-electron chi connectivity index (χ1n) is 6.14. The third-order valence-corrected chi connectivity index (χ3v) is 3.62. The average molecular weight is 232 g/mol. The van der Waals surface area contributed by atoms with E-state index in [0.29, 0.717) is 0 Å². The highest BCUT2D eigenvalue weighted by Crippen LogP contribution is 2.34.